The van der Waals surface area contributed by atoms with E-state index in [1.54, 1.807) is 54.7 Å². The van der Waals surface area contributed by atoms with Crippen molar-refractivity contribution in [2.75, 3.05) is 0 Å². The third-order valence-electron chi connectivity index (χ3n) is 5.10. The van der Waals surface area contributed by atoms with Crippen molar-refractivity contribution in [1.82, 2.24) is 9.78 Å². The van der Waals surface area contributed by atoms with Crippen LogP contribution in [0.25, 0.3) is 27.9 Å². The Morgan fingerprint density at radius 2 is 1.44 bits per heavy atom. The Morgan fingerprint density at radius 3 is 2.03 bits per heavy atom. The highest BCUT2D eigenvalue weighted by atomic mass is 32.2. The number of aromatic nitrogens is 2. The lowest BCUT2D eigenvalue weighted by molar-refractivity contribution is 0.614. The minimum atomic E-state index is -2.53. The van der Waals surface area contributed by atoms with Crippen LogP contribution in [0.3, 0.4) is 0 Å². The van der Waals surface area contributed by atoms with Crippen molar-refractivity contribution in [2.24, 2.45) is 5.73 Å². The maximum absolute atomic E-state index is 13.5. The van der Waals surface area contributed by atoms with E-state index >= 15 is 0 Å². The lowest BCUT2D eigenvalue weighted by Gasteiger charge is -2.13. The van der Waals surface area contributed by atoms with Crippen molar-refractivity contribution in [3.8, 4) is 27.9 Å². The first-order valence-electron chi connectivity index (χ1n) is 9.85. The highest BCUT2D eigenvalue weighted by Crippen LogP contribution is 2.29. The van der Waals surface area contributed by atoms with Gasteiger partial charge >= 0.3 is 0 Å². The fourth-order valence-electron chi connectivity index (χ4n) is 3.46. The molecule has 1 heterocycles. The predicted octanol–water partition coefficient (Wildman–Crippen LogP) is 3.28. The highest BCUT2D eigenvalue weighted by Gasteiger charge is 2.16. The number of hydrogen-bond acceptors (Lipinski definition) is 5. The van der Waals surface area contributed by atoms with Gasteiger partial charge in [-0.25, -0.2) is 12.8 Å². The smallest absolute Gasteiger partial charge is 0.279 e. The number of nitrogens with zero attached hydrogens (tertiary/aromatic N) is 2. The SMILES string of the molecule is NCc1ccc(-n2ncc(-c3ccc(C[SH](=O)=O)cc3)c(-c3ccc(F)cc3)c2=O)cc1. The van der Waals surface area contributed by atoms with Gasteiger partial charge in [-0.15, -0.1) is 0 Å². The van der Waals surface area contributed by atoms with Gasteiger partial charge in [0.1, 0.15) is 16.5 Å². The summed E-state index contributed by atoms with van der Waals surface area (Å²) in [5.41, 5.74) is 9.63. The van der Waals surface area contributed by atoms with Crippen molar-refractivity contribution >= 4 is 10.7 Å². The largest absolute Gasteiger partial charge is 0.326 e. The van der Waals surface area contributed by atoms with Crippen LogP contribution < -0.4 is 11.3 Å². The quantitative estimate of drug-likeness (QED) is 0.441. The van der Waals surface area contributed by atoms with Gasteiger partial charge in [-0.1, -0.05) is 48.5 Å². The van der Waals surface area contributed by atoms with E-state index in [0.29, 0.717) is 40.0 Å². The first-order valence-corrected chi connectivity index (χ1v) is 11.2. The van der Waals surface area contributed by atoms with Crippen LogP contribution in [-0.4, -0.2) is 18.2 Å². The van der Waals surface area contributed by atoms with Gasteiger partial charge in [0.05, 0.1) is 23.2 Å². The molecule has 0 aliphatic rings. The topological polar surface area (TPSA) is 95.1 Å². The molecule has 0 bridgehead atoms. The minimum Gasteiger partial charge on any atom is -0.326 e. The molecule has 0 spiro atoms. The maximum atomic E-state index is 13.5. The average molecular weight is 450 g/mol. The Balaban J connectivity index is 1.88. The molecule has 8 heteroatoms. The third kappa shape index (κ3) is 4.51. The molecule has 0 aliphatic carbocycles. The van der Waals surface area contributed by atoms with Crippen molar-refractivity contribution in [1.29, 1.82) is 0 Å². The van der Waals surface area contributed by atoms with Crippen LogP contribution in [0.15, 0.2) is 83.8 Å². The number of thiol groups is 1. The van der Waals surface area contributed by atoms with Gasteiger partial charge in [0.2, 0.25) is 0 Å². The standard InChI is InChI=1S/C24H20FN3O3S/c25-20-9-7-19(8-10-20)23-22(18-5-1-17(2-6-18)15-32(30)31)14-27-28(24(23)29)21-11-3-16(13-26)4-12-21/h1-12,14,32H,13,15,26H2. The second kappa shape index (κ2) is 9.25. The second-order valence-corrected chi connectivity index (χ2v) is 8.20. The third-order valence-corrected chi connectivity index (χ3v) is 5.73. The number of halogens is 1. The first-order chi connectivity index (χ1) is 15.5. The van der Waals surface area contributed by atoms with Crippen LogP contribution >= 0.6 is 0 Å². The van der Waals surface area contributed by atoms with E-state index in [4.69, 9.17) is 5.73 Å². The van der Waals surface area contributed by atoms with E-state index in [2.05, 4.69) is 5.10 Å². The van der Waals surface area contributed by atoms with Crippen LogP contribution in [0.4, 0.5) is 4.39 Å². The molecule has 32 heavy (non-hydrogen) atoms. The van der Waals surface area contributed by atoms with Crippen LogP contribution in [0, 0.1) is 5.82 Å². The van der Waals surface area contributed by atoms with Gasteiger partial charge in [0.15, 0.2) is 0 Å². The summed E-state index contributed by atoms with van der Waals surface area (Å²) < 4.78 is 36.8. The Kier molecular flexibility index (Phi) is 6.25. The molecule has 0 saturated heterocycles. The van der Waals surface area contributed by atoms with E-state index in [-0.39, 0.29) is 11.3 Å². The molecule has 0 saturated carbocycles. The fourth-order valence-corrected chi connectivity index (χ4v) is 3.97. The number of rotatable bonds is 6. The fraction of sp³-hybridized carbons (Fsp3) is 0.0833. The molecular formula is C24H20FN3O3S. The maximum Gasteiger partial charge on any atom is 0.279 e. The van der Waals surface area contributed by atoms with E-state index in [1.165, 1.54) is 16.8 Å². The van der Waals surface area contributed by atoms with E-state index in [9.17, 15) is 17.6 Å². The molecule has 1 aromatic heterocycles. The summed E-state index contributed by atoms with van der Waals surface area (Å²) in [6.07, 6.45) is 1.58. The lowest BCUT2D eigenvalue weighted by atomic mass is 9.96. The van der Waals surface area contributed by atoms with Gasteiger partial charge in [0.25, 0.3) is 5.56 Å². The molecule has 0 amide bonds. The van der Waals surface area contributed by atoms with Crippen LogP contribution in [0.5, 0.6) is 0 Å². The first kappa shape index (κ1) is 21.6. The van der Waals surface area contributed by atoms with Crippen molar-refractivity contribution < 1.29 is 12.8 Å². The van der Waals surface area contributed by atoms with Crippen molar-refractivity contribution in [3.63, 3.8) is 0 Å². The van der Waals surface area contributed by atoms with E-state index < -0.39 is 16.5 Å². The highest BCUT2D eigenvalue weighted by molar-refractivity contribution is 7.71. The minimum absolute atomic E-state index is 0.0565. The summed E-state index contributed by atoms with van der Waals surface area (Å²) in [5.74, 6) is -0.461. The summed E-state index contributed by atoms with van der Waals surface area (Å²) in [6.45, 7) is 0.388. The molecule has 162 valence electrons. The summed E-state index contributed by atoms with van der Waals surface area (Å²) >= 11 is 0. The second-order valence-electron chi connectivity index (χ2n) is 7.22. The molecular weight excluding hydrogens is 429 g/mol. The molecule has 0 radical (unpaired) electrons. The molecule has 2 N–H and O–H groups in total. The Labute approximate surface area is 185 Å². The number of benzene rings is 3. The predicted molar refractivity (Wildman–Crippen MR) is 123 cm³/mol. The molecule has 3 aromatic carbocycles. The van der Waals surface area contributed by atoms with Crippen molar-refractivity contribution in [2.45, 2.75) is 12.3 Å². The normalized spacial score (nSPS) is 11.1. The van der Waals surface area contributed by atoms with Gasteiger partial charge < -0.3 is 5.73 Å². The van der Waals surface area contributed by atoms with E-state index in [0.717, 1.165) is 5.56 Å². The molecule has 4 aromatic rings. The zero-order valence-corrected chi connectivity index (χ0v) is 17.8. The Bertz CT molecular complexity index is 1370. The Morgan fingerprint density at radius 1 is 0.844 bits per heavy atom. The molecule has 0 aliphatic heterocycles. The molecule has 0 unspecified atom stereocenters. The van der Waals surface area contributed by atoms with Gasteiger partial charge in [-0.2, -0.15) is 9.78 Å². The summed E-state index contributed by atoms with van der Waals surface area (Å²) in [4.78, 5) is 13.5. The van der Waals surface area contributed by atoms with E-state index in [1.807, 2.05) is 12.1 Å². The van der Waals surface area contributed by atoms with Gasteiger partial charge in [-0.05, 0) is 46.5 Å². The zero-order valence-electron chi connectivity index (χ0n) is 16.9. The Hall–Kier alpha value is -3.62. The van der Waals surface area contributed by atoms with Gasteiger partial charge in [0, 0.05) is 12.1 Å². The number of nitrogens with two attached hydrogens (primary N) is 1. The zero-order chi connectivity index (χ0) is 22.7. The lowest BCUT2D eigenvalue weighted by Crippen LogP contribution is -2.23. The van der Waals surface area contributed by atoms with Crippen molar-refractivity contribution in [3.05, 3.63) is 106 Å². The van der Waals surface area contributed by atoms with Crippen LogP contribution in [0.1, 0.15) is 11.1 Å². The van der Waals surface area contributed by atoms with Crippen LogP contribution in [0.2, 0.25) is 0 Å². The van der Waals surface area contributed by atoms with Crippen LogP contribution in [-0.2, 0) is 23.0 Å². The molecule has 0 atom stereocenters. The average Bonchev–Trinajstić information content (AvgIpc) is 2.80. The summed E-state index contributed by atoms with van der Waals surface area (Å²) in [6, 6.07) is 19.8. The molecule has 6 nitrogen and oxygen atoms in total. The molecule has 0 fully saturated rings. The monoisotopic (exact) mass is 449 g/mol. The number of hydrogen-bond donors (Lipinski definition) is 2. The molecule has 4 rings (SSSR count). The van der Waals surface area contributed by atoms with Gasteiger partial charge in [-0.3, -0.25) is 4.79 Å². The summed E-state index contributed by atoms with van der Waals surface area (Å²) in [7, 11) is -2.53. The summed E-state index contributed by atoms with van der Waals surface area (Å²) in [5, 5.41) is 4.36.